The summed E-state index contributed by atoms with van der Waals surface area (Å²) in [5.74, 6) is -4.17. The third-order valence-corrected chi connectivity index (χ3v) is 10.7. The largest absolute Gasteiger partial charge is 0.497 e. The molecule has 0 saturated carbocycles. The normalized spacial score (nSPS) is 21.6. The Morgan fingerprint density at radius 3 is 1.89 bits per heavy atom. The molecule has 3 rings (SSSR count). The number of benzene rings is 2. The SMILES string of the molecule is COC(=O)C1C(c2ccc(OC)cc2)C(C(=O)OC)S(=O)(=O)C(=NNc2ccc(C)cc2[N+](=O)[O-])S1(=O)=O. The summed E-state index contributed by atoms with van der Waals surface area (Å²) in [7, 11) is -7.18. The highest BCUT2D eigenvalue weighted by Gasteiger charge is 2.63. The number of anilines is 1. The van der Waals surface area contributed by atoms with Gasteiger partial charge in [-0.2, -0.15) is 5.10 Å². The van der Waals surface area contributed by atoms with E-state index in [9.17, 15) is 36.5 Å². The zero-order valence-corrected chi connectivity index (χ0v) is 22.1. The second kappa shape index (κ2) is 10.7. The number of methoxy groups -OCH3 is 3. The number of carbonyl (C=O) groups excluding carboxylic acids is 2. The van der Waals surface area contributed by atoms with Crippen molar-refractivity contribution in [2.75, 3.05) is 26.8 Å². The van der Waals surface area contributed by atoms with Crippen LogP contribution in [0.15, 0.2) is 47.6 Å². The Kier molecular flexibility index (Phi) is 8.06. The molecule has 1 heterocycles. The number of hydrogen-bond donors (Lipinski definition) is 1. The topological polar surface area (TPSA) is 198 Å². The first kappa shape index (κ1) is 28.5. The Balaban J connectivity index is 2.29. The Hall–Kier alpha value is -4.05. The molecule has 1 N–H and O–H groups in total. The molecule has 204 valence electrons. The summed E-state index contributed by atoms with van der Waals surface area (Å²) in [5, 5.41) is 10.4. The molecule has 0 radical (unpaired) electrons. The van der Waals surface area contributed by atoms with Gasteiger partial charge in [0.05, 0.1) is 26.3 Å². The van der Waals surface area contributed by atoms with Crippen LogP contribution in [0, 0.1) is 17.0 Å². The van der Waals surface area contributed by atoms with Crippen LogP contribution in [0.1, 0.15) is 17.0 Å². The Labute approximate surface area is 217 Å². The third-order valence-electron chi connectivity index (χ3n) is 5.79. The monoisotopic (exact) mass is 569 g/mol. The number of rotatable bonds is 7. The lowest BCUT2D eigenvalue weighted by molar-refractivity contribution is -0.384. The first-order chi connectivity index (χ1) is 17.8. The number of sulfone groups is 2. The lowest BCUT2D eigenvalue weighted by Crippen LogP contribution is -2.58. The molecule has 38 heavy (non-hydrogen) atoms. The second-order valence-corrected chi connectivity index (χ2v) is 12.3. The molecule has 16 heteroatoms. The van der Waals surface area contributed by atoms with E-state index in [0.29, 0.717) is 11.3 Å². The van der Waals surface area contributed by atoms with Crippen LogP contribution in [-0.2, 0) is 38.7 Å². The number of carbonyl (C=O) groups is 2. The van der Waals surface area contributed by atoms with Gasteiger partial charge >= 0.3 is 11.9 Å². The van der Waals surface area contributed by atoms with Crippen molar-refractivity contribution in [3.8, 4) is 5.75 Å². The number of nitro groups is 1. The van der Waals surface area contributed by atoms with Gasteiger partial charge in [-0.25, -0.2) is 16.8 Å². The average Bonchev–Trinajstić information content (AvgIpc) is 2.87. The van der Waals surface area contributed by atoms with E-state index in [-0.39, 0.29) is 11.3 Å². The molecule has 0 bridgehead atoms. The molecule has 1 aliphatic rings. The van der Waals surface area contributed by atoms with Crippen LogP contribution in [-0.4, -0.2) is 69.9 Å². The number of aryl methyl sites for hydroxylation is 1. The molecule has 0 aliphatic carbocycles. The molecule has 2 unspecified atom stereocenters. The van der Waals surface area contributed by atoms with E-state index in [4.69, 9.17) is 4.74 Å². The summed E-state index contributed by atoms with van der Waals surface area (Å²) >= 11 is 0. The smallest absolute Gasteiger partial charge is 0.325 e. The number of esters is 2. The molecule has 0 aromatic heterocycles. The minimum Gasteiger partial charge on any atom is -0.497 e. The Morgan fingerprint density at radius 2 is 1.45 bits per heavy atom. The van der Waals surface area contributed by atoms with Gasteiger partial charge in [-0.3, -0.25) is 25.1 Å². The Bertz CT molecular complexity index is 1460. The maximum absolute atomic E-state index is 13.6. The van der Waals surface area contributed by atoms with Crippen molar-refractivity contribution < 1.29 is 45.6 Å². The molecule has 2 aromatic rings. The van der Waals surface area contributed by atoms with Crippen molar-refractivity contribution in [3.63, 3.8) is 0 Å². The minimum atomic E-state index is -5.17. The van der Waals surface area contributed by atoms with Crippen LogP contribution in [0.5, 0.6) is 5.75 Å². The lowest BCUT2D eigenvalue weighted by Gasteiger charge is -2.35. The minimum absolute atomic E-state index is 0.00932. The highest BCUT2D eigenvalue weighted by molar-refractivity contribution is 8.32. The van der Waals surface area contributed by atoms with E-state index >= 15 is 0 Å². The number of hydrazone groups is 1. The van der Waals surface area contributed by atoms with Gasteiger partial charge in [-0.15, -0.1) is 0 Å². The zero-order chi connectivity index (χ0) is 28.4. The van der Waals surface area contributed by atoms with Gasteiger partial charge in [0.25, 0.3) is 10.1 Å². The van der Waals surface area contributed by atoms with Crippen molar-refractivity contribution in [2.24, 2.45) is 5.10 Å². The van der Waals surface area contributed by atoms with Gasteiger partial charge in [0.2, 0.25) is 19.7 Å². The maximum atomic E-state index is 13.6. The van der Waals surface area contributed by atoms with Gasteiger partial charge in [-0.05, 0) is 36.2 Å². The first-order valence-electron chi connectivity index (χ1n) is 10.7. The predicted molar refractivity (Wildman–Crippen MR) is 134 cm³/mol. The predicted octanol–water partition coefficient (Wildman–Crippen LogP) is 1.30. The number of ether oxygens (including phenoxy) is 3. The van der Waals surface area contributed by atoms with Crippen LogP contribution in [0.3, 0.4) is 0 Å². The van der Waals surface area contributed by atoms with E-state index in [1.807, 2.05) is 0 Å². The van der Waals surface area contributed by atoms with Gasteiger partial charge in [0.1, 0.15) is 11.4 Å². The molecule has 1 fully saturated rings. The van der Waals surface area contributed by atoms with Gasteiger partial charge < -0.3 is 14.2 Å². The van der Waals surface area contributed by atoms with Crippen molar-refractivity contribution in [3.05, 3.63) is 63.7 Å². The molecular weight excluding hydrogens is 546 g/mol. The molecule has 1 saturated heterocycles. The van der Waals surface area contributed by atoms with E-state index in [1.54, 1.807) is 6.92 Å². The van der Waals surface area contributed by atoms with E-state index in [1.165, 1.54) is 43.5 Å². The fraction of sp³-hybridized carbons (Fsp3) is 0.318. The number of nitrogens with one attached hydrogen (secondary N) is 1. The highest BCUT2D eigenvalue weighted by atomic mass is 32.3. The molecule has 1 aliphatic heterocycles. The van der Waals surface area contributed by atoms with Crippen LogP contribution in [0.2, 0.25) is 0 Å². The summed E-state index contributed by atoms with van der Waals surface area (Å²) in [6, 6.07) is 9.16. The summed E-state index contributed by atoms with van der Waals surface area (Å²) in [6.45, 7) is 1.57. The van der Waals surface area contributed by atoms with Crippen LogP contribution < -0.4 is 10.2 Å². The number of hydrogen-bond acceptors (Lipinski definition) is 13. The zero-order valence-electron chi connectivity index (χ0n) is 20.5. The third kappa shape index (κ3) is 5.04. The number of nitro benzene ring substituents is 1. The average molecular weight is 570 g/mol. The Morgan fingerprint density at radius 1 is 0.921 bits per heavy atom. The van der Waals surface area contributed by atoms with E-state index in [0.717, 1.165) is 20.3 Å². The molecule has 0 spiro atoms. The van der Waals surface area contributed by atoms with Gasteiger partial charge in [0.15, 0.2) is 10.5 Å². The molecule has 14 nitrogen and oxygen atoms in total. The maximum Gasteiger partial charge on any atom is 0.325 e. The van der Waals surface area contributed by atoms with Crippen molar-refractivity contribution in [1.29, 1.82) is 0 Å². The summed E-state index contributed by atoms with van der Waals surface area (Å²) in [6.07, 6.45) is 0. The summed E-state index contributed by atoms with van der Waals surface area (Å²) in [4.78, 5) is 36.3. The van der Waals surface area contributed by atoms with Gasteiger partial charge in [-0.1, -0.05) is 18.2 Å². The summed E-state index contributed by atoms with van der Waals surface area (Å²) < 4.78 is 67.3. The number of nitrogens with zero attached hydrogens (tertiary/aromatic N) is 2. The molecule has 0 amide bonds. The van der Waals surface area contributed by atoms with E-state index in [2.05, 4.69) is 20.0 Å². The second-order valence-electron chi connectivity index (χ2n) is 8.04. The quantitative estimate of drug-likeness (QED) is 0.285. The van der Waals surface area contributed by atoms with E-state index < -0.39 is 63.0 Å². The van der Waals surface area contributed by atoms with Crippen LogP contribution in [0.4, 0.5) is 11.4 Å². The van der Waals surface area contributed by atoms with Crippen molar-refractivity contribution >= 4 is 47.4 Å². The fourth-order valence-electron chi connectivity index (χ4n) is 4.00. The van der Waals surface area contributed by atoms with Crippen LogP contribution in [0.25, 0.3) is 0 Å². The molecule has 2 atom stereocenters. The van der Waals surface area contributed by atoms with Gasteiger partial charge in [0, 0.05) is 12.0 Å². The van der Waals surface area contributed by atoms with Crippen molar-refractivity contribution in [2.45, 2.75) is 23.3 Å². The molecule has 2 aromatic carbocycles. The standard InChI is InChI=1S/C22H23N3O11S2/c1-12-5-10-15(16(11-12)25(28)29)23-24-22-37(30,31)18(20(26)35-3)17(13-6-8-14(34-2)9-7-13)19(21(27)36-4)38(22,32)33/h5-11,17-19,23H,1-4H3. The van der Waals surface area contributed by atoms with Crippen LogP contribution >= 0.6 is 0 Å². The first-order valence-corrected chi connectivity index (χ1v) is 13.8. The fourth-order valence-corrected chi connectivity index (χ4v) is 8.90. The van der Waals surface area contributed by atoms with Crippen molar-refractivity contribution in [1.82, 2.24) is 0 Å². The highest BCUT2D eigenvalue weighted by Crippen LogP contribution is 2.41. The lowest BCUT2D eigenvalue weighted by atomic mass is 9.91. The summed E-state index contributed by atoms with van der Waals surface area (Å²) in [5.41, 5.74) is 1.72. The molecular formula is C22H23N3O11S2.